The minimum absolute atomic E-state index is 0.245. The molecule has 4 heteroatoms. The third-order valence-electron chi connectivity index (χ3n) is 4.34. The average molecular weight is 301 g/mol. The number of aromatic nitrogens is 2. The quantitative estimate of drug-likeness (QED) is 0.800. The maximum absolute atomic E-state index is 6.20. The highest BCUT2D eigenvalue weighted by atomic mass is 79.9. The number of rotatable bonds is 3. The van der Waals surface area contributed by atoms with Crippen LogP contribution in [0.5, 0.6) is 5.75 Å². The van der Waals surface area contributed by atoms with Crippen LogP contribution < -0.4 is 4.74 Å². The van der Waals surface area contributed by atoms with Crippen LogP contribution in [0.3, 0.4) is 0 Å². The lowest BCUT2D eigenvalue weighted by Crippen LogP contribution is -2.54. The van der Waals surface area contributed by atoms with Crippen LogP contribution in [-0.4, -0.2) is 20.7 Å². The number of hydrogen-bond donors (Lipinski definition) is 0. The molecule has 1 aromatic heterocycles. The first-order valence-corrected chi connectivity index (χ1v) is 7.12. The lowest BCUT2D eigenvalue weighted by molar-refractivity contribution is -0.0251. The normalized spacial score (nSPS) is 32.4. The minimum atomic E-state index is 0.245. The summed E-state index contributed by atoms with van der Waals surface area (Å²) in [5.41, 5.74) is 2.34. The van der Waals surface area contributed by atoms with Crippen molar-refractivity contribution in [3.05, 3.63) is 11.4 Å². The van der Waals surface area contributed by atoms with Gasteiger partial charge < -0.3 is 4.74 Å². The Kier molecular flexibility index (Phi) is 3.27. The molecule has 1 aliphatic carbocycles. The van der Waals surface area contributed by atoms with Gasteiger partial charge >= 0.3 is 0 Å². The lowest BCUT2D eigenvalue weighted by atomic mass is 9.65. The molecule has 0 saturated heterocycles. The van der Waals surface area contributed by atoms with Crippen LogP contribution >= 0.6 is 15.9 Å². The molecule has 0 bridgehead atoms. The lowest BCUT2D eigenvalue weighted by Gasteiger charge is -2.50. The average Bonchev–Trinajstić information content (AvgIpc) is 2.53. The first kappa shape index (κ1) is 12.9. The van der Waals surface area contributed by atoms with Crippen molar-refractivity contribution in [2.45, 2.75) is 51.5 Å². The van der Waals surface area contributed by atoms with Crippen LogP contribution in [0.25, 0.3) is 0 Å². The second-order valence-electron chi connectivity index (χ2n) is 5.29. The van der Waals surface area contributed by atoms with Crippen LogP contribution in [-0.2, 0) is 7.05 Å². The summed E-state index contributed by atoms with van der Waals surface area (Å²) in [6.07, 6.45) is 2.52. The SMILES string of the molecule is CCC1(C)C(Br)CC1Oc1c(C)nn(C)c1C. The molecule has 96 valence electrons. The van der Waals surface area contributed by atoms with E-state index in [0.717, 1.165) is 30.0 Å². The molecule has 0 radical (unpaired) electrons. The maximum Gasteiger partial charge on any atom is 0.163 e. The van der Waals surface area contributed by atoms with E-state index in [4.69, 9.17) is 4.74 Å². The molecule has 0 spiro atoms. The van der Waals surface area contributed by atoms with Gasteiger partial charge in [-0.2, -0.15) is 5.10 Å². The van der Waals surface area contributed by atoms with E-state index in [0.29, 0.717) is 10.9 Å². The van der Waals surface area contributed by atoms with E-state index in [1.807, 2.05) is 18.7 Å². The summed E-state index contributed by atoms with van der Waals surface area (Å²) >= 11 is 3.74. The topological polar surface area (TPSA) is 27.1 Å². The van der Waals surface area contributed by atoms with E-state index in [9.17, 15) is 0 Å². The van der Waals surface area contributed by atoms with Gasteiger partial charge in [0.05, 0.1) is 5.69 Å². The molecule has 1 heterocycles. The largest absolute Gasteiger partial charge is 0.486 e. The molecule has 1 aliphatic rings. The molecule has 0 amide bonds. The molecule has 3 atom stereocenters. The Bertz CT molecular complexity index is 429. The summed E-state index contributed by atoms with van der Waals surface area (Å²) in [5.74, 6) is 0.969. The highest BCUT2D eigenvalue weighted by molar-refractivity contribution is 9.09. The Labute approximate surface area is 112 Å². The predicted molar refractivity (Wildman–Crippen MR) is 72.8 cm³/mol. The first-order valence-electron chi connectivity index (χ1n) is 6.21. The van der Waals surface area contributed by atoms with Crippen LogP contribution in [0.2, 0.25) is 0 Å². The zero-order valence-electron chi connectivity index (χ0n) is 11.2. The summed E-state index contributed by atoms with van der Waals surface area (Å²) in [5, 5.41) is 4.39. The van der Waals surface area contributed by atoms with E-state index < -0.39 is 0 Å². The van der Waals surface area contributed by atoms with Gasteiger partial charge in [-0.1, -0.05) is 29.8 Å². The van der Waals surface area contributed by atoms with E-state index >= 15 is 0 Å². The van der Waals surface area contributed by atoms with Gasteiger partial charge in [0.2, 0.25) is 0 Å². The van der Waals surface area contributed by atoms with Crippen molar-refractivity contribution in [1.82, 2.24) is 9.78 Å². The highest BCUT2D eigenvalue weighted by Gasteiger charge is 2.51. The highest BCUT2D eigenvalue weighted by Crippen LogP contribution is 2.50. The van der Waals surface area contributed by atoms with Crippen molar-refractivity contribution in [3.63, 3.8) is 0 Å². The molecule has 1 fully saturated rings. The zero-order chi connectivity index (χ0) is 12.8. The Morgan fingerprint density at radius 1 is 1.53 bits per heavy atom. The molecule has 1 saturated carbocycles. The predicted octanol–water partition coefficient (Wildman–Crippen LogP) is 3.37. The fourth-order valence-corrected chi connectivity index (χ4v) is 3.42. The van der Waals surface area contributed by atoms with E-state index in [2.05, 4.69) is 41.8 Å². The summed E-state index contributed by atoms with van der Waals surface area (Å²) in [6, 6.07) is 0. The van der Waals surface area contributed by atoms with Gasteiger partial charge in [0, 0.05) is 17.3 Å². The number of nitrogens with zero attached hydrogens (tertiary/aromatic N) is 2. The Morgan fingerprint density at radius 2 is 2.18 bits per heavy atom. The van der Waals surface area contributed by atoms with Crippen LogP contribution in [0.4, 0.5) is 0 Å². The Balaban J connectivity index is 2.17. The van der Waals surface area contributed by atoms with Crippen molar-refractivity contribution < 1.29 is 4.74 Å². The third-order valence-corrected chi connectivity index (χ3v) is 5.76. The van der Waals surface area contributed by atoms with Crippen molar-refractivity contribution in [2.24, 2.45) is 12.5 Å². The smallest absolute Gasteiger partial charge is 0.163 e. The maximum atomic E-state index is 6.20. The fraction of sp³-hybridized carbons (Fsp3) is 0.769. The monoisotopic (exact) mass is 300 g/mol. The van der Waals surface area contributed by atoms with E-state index in [1.54, 1.807) is 0 Å². The molecule has 3 nitrogen and oxygen atoms in total. The second kappa shape index (κ2) is 4.30. The van der Waals surface area contributed by atoms with Gasteiger partial charge in [-0.15, -0.1) is 0 Å². The molecular weight excluding hydrogens is 280 g/mol. The number of hydrogen-bond acceptors (Lipinski definition) is 2. The van der Waals surface area contributed by atoms with Gasteiger partial charge in [0.1, 0.15) is 11.8 Å². The van der Waals surface area contributed by atoms with Gasteiger partial charge in [-0.25, -0.2) is 0 Å². The van der Waals surface area contributed by atoms with Gasteiger partial charge in [0.15, 0.2) is 5.75 Å². The van der Waals surface area contributed by atoms with Crippen molar-refractivity contribution in [2.75, 3.05) is 0 Å². The van der Waals surface area contributed by atoms with E-state index in [-0.39, 0.29) is 5.41 Å². The number of halogens is 1. The molecule has 0 aromatic carbocycles. The third kappa shape index (κ3) is 1.90. The van der Waals surface area contributed by atoms with Crippen molar-refractivity contribution in [3.8, 4) is 5.75 Å². The molecule has 2 rings (SSSR count). The minimum Gasteiger partial charge on any atom is -0.486 e. The van der Waals surface area contributed by atoms with Gasteiger partial charge in [-0.3, -0.25) is 4.68 Å². The number of alkyl halides is 1. The molecule has 17 heavy (non-hydrogen) atoms. The molecule has 3 unspecified atom stereocenters. The zero-order valence-corrected chi connectivity index (χ0v) is 12.8. The number of ether oxygens (including phenoxy) is 1. The standard InChI is InChI=1S/C13H21BrN2O/c1-6-13(4)10(14)7-11(13)17-12-8(2)15-16(5)9(12)3/h10-11H,6-7H2,1-5H3. The van der Waals surface area contributed by atoms with Crippen LogP contribution in [0.1, 0.15) is 38.1 Å². The Hall–Kier alpha value is -0.510. The van der Waals surface area contributed by atoms with Gasteiger partial charge in [0.25, 0.3) is 0 Å². The summed E-state index contributed by atoms with van der Waals surface area (Å²) in [6.45, 7) is 8.59. The fourth-order valence-electron chi connectivity index (χ4n) is 2.47. The summed E-state index contributed by atoms with van der Waals surface area (Å²) in [7, 11) is 1.96. The second-order valence-corrected chi connectivity index (χ2v) is 6.40. The van der Waals surface area contributed by atoms with Crippen LogP contribution in [0.15, 0.2) is 0 Å². The van der Waals surface area contributed by atoms with Crippen molar-refractivity contribution >= 4 is 15.9 Å². The summed E-state index contributed by atoms with van der Waals surface area (Å²) in [4.78, 5) is 0.572. The first-order chi connectivity index (χ1) is 7.90. The molecule has 0 aliphatic heterocycles. The Morgan fingerprint density at radius 3 is 2.59 bits per heavy atom. The molecule has 1 aromatic rings. The van der Waals surface area contributed by atoms with Crippen LogP contribution in [0, 0.1) is 19.3 Å². The van der Waals surface area contributed by atoms with Gasteiger partial charge in [-0.05, 0) is 26.7 Å². The summed E-state index contributed by atoms with van der Waals surface area (Å²) < 4.78 is 8.08. The number of aryl methyl sites for hydroxylation is 2. The van der Waals surface area contributed by atoms with E-state index in [1.165, 1.54) is 0 Å². The molecular formula is C13H21BrN2O. The molecule has 0 N–H and O–H groups in total. The van der Waals surface area contributed by atoms with Crippen molar-refractivity contribution in [1.29, 1.82) is 0 Å².